The molecule has 31 heavy (non-hydrogen) atoms. The predicted molar refractivity (Wildman–Crippen MR) is 114 cm³/mol. The van der Waals surface area contributed by atoms with Crippen molar-refractivity contribution in [3.63, 3.8) is 0 Å². The summed E-state index contributed by atoms with van der Waals surface area (Å²) in [6.07, 6.45) is -1.69. The maximum absolute atomic E-state index is 13.0. The van der Waals surface area contributed by atoms with Crippen LogP contribution in [-0.2, 0) is 0 Å². The molecule has 7 nitrogen and oxygen atoms in total. The van der Waals surface area contributed by atoms with Crippen LogP contribution in [0.1, 0.15) is 5.56 Å². The maximum atomic E-state index is 13.0. The van der Waals surface area contributed by atoms with Gasteiger partial charge in [-0.05, 0) is 49.4 Å². The number of carbonyl (C=O) groups is 2. The van der Waals surface area contributed by atoms with E-state index in [1.807, 2.05) is 18.2 Å². The molecule has 4 rings (SSSR count). The quantitative estimate of drug-likeness (QED) is 0.319. The summed E-state index contributed by atoms with van der Waals surface area (Å²) in [7, 11) is 1.54. The van der Waals surface area contributed by atoms with E-state index in [1.165, 1.54) is 4.57 Å². The standard InChI is InChI=1S/C24H19NO6/c1-16-20-10-6-7-11-21(20)25(23(26)29-18-8-4-3-5-9-18)22(16)31-24(27)30-19-14-12-17(28-2)13-15-19/h3-15H,1-2H3. The Hall–Kier alpha value is -4.26. The van der Waals surface area contributed by atoms with E-state index in [0.29, 0.717) is 22.6 Å². The van der Waals surface area contributed by atoms with Crippen LogP contribution in [0.5, 0.6) is 23.1 Å². The Labute approximate surface area is 178 Å². The van der Waals surface area contributed by atoms with E-state index in [2.05, 4.69) is 0 Å². The van der Waals surface area contributed by atoms with Gasteiger partial charge >= 0.3 is 12.2 Å². The minimum absolute atomic E-state index is 0.0284. The van der Waals surface area contributed by atoms with Crippen LogP contribution in [0.25, 0.3) is 10.9 Å². The molecule has 1 heterocycles. The number of aromatic nitrogens is 1. The van der Waals surface area contributed by atoms with Gasteiger partial charge in [-0.25, -0.2) is 14.2 Å². The fraction of sp³-hybridized carbons (Fsp3) is 0.0833. The van der Waals surface area contributed by atoms with Gasteiger partial charge in [0.2, 0.25) is 5.88 Å². The second-order valence-corrected chi connectivity index (χ2v) is 6.59. The molecule has 0 spiro atoms. The summed E-state index contributed by atoms with van der Waals surface area (Å²) >= 11 is 0. The van der Waals surface area contributed by atoms with E-state index < -0.39 is 12.2 Å². The molecule has 0 amide bonds. The highest BCUT2D eigenvalue weighted by Crippen LogP contribution is 2.32. The molecular formula is C24H19NO6. The van der Waals surface area contributed by atoms with Gasteiger partial charge in [-0.1, -0.05) is 36.4 Å². The van der Waals surface area contributed by atoms with E-state index >= 15 is 0 Å². The lowest BCUT2D eigenvalue weighted by Gasteiger charge is -2.11. The van der Waals surface area contributed by atoms with Crippen molar-refractivity contribution in [2.24, 2.45) is 0 Å². The fourth-order valence-corrected chi connectivity index (χ4v) is 3.16. The van der Waals surface area contributed by atoms with Crippen LogP contribution in [-0.4, -0.2) is 23.9 Å². The van der Waals surface area contributed by atoms with Gasteiger partial charge in [0.1, 0.15) is 17.2 Å². The number of hydrogen-bond donors (Lipinski definition) is 0. The number of hydrogen-bond acceptors (Lipinski definition) is 6. The minimum atomic E-state index is -0.982. The molecule has 0 N–H and O–H groups in total. The molecule has 0 atom stereocenters. The van der Waals surface area contributed by atoms with Gasteiger partial charge < -0.3 is 18.9 Å². The Morgan fingerprint density at radius 1 is 0.710 bits per heavy atom. The predicted octanol–water partition coefficient (Wildman–Crippen LogP) is 5.58. The number of fused-ring (bicyclic) bond motifs is 1. The molecule has 0 saturated heterocycles. The Morgan fingerprint density at radius 2 is 1.32 bits per heavy atom. The fourth-order valence-electron chi connectivity index (χ4n) is 3.16. The lowest BCUT2D eigenvalue weighted by atomic mass is 10.2. The lowest BCUT2D eigenvalue weighted by Crippen LogP contribution is -2.22. The molecule has 0 aliphatic carbocycles. The van der Waals surface area contributed by atoms with Crippen LogP contribution >= 0.6 is 0 Å². The highest BCUT2D eigenvalue weighted by Gasteiger charge is 2.24. The smallest absolute Gasteiger partial charge is 0.497 e. The summed E-state index contributed by atoms with van der Waals surface area (Å²) < 4.78 is 22.5. The SMILES string of the molecule is COc1ccc(OC(=O)Oc2c(C)c3ccccc3n2C(=O)Oc2ccccc2)cc1. The number of para-hydroxylation sites is 2. The van der Waals surface area contributed by atoms with Crippen molar-refractivity contribution < 1.29 is 28.5 Å². The number of aryl methyl sites for hydroxylation is 1. The third-order valence-electron chi connectivity index (χ3n) is 4.64. The average Bonchev–Trinajstić information content (AvgIpc) is 3.06. The molecule has 156 valence electrons. The Bertz CT molecular complexity index is 1230. The van der Waals surface area contributed by atoms with E-state index in [-0.39, 0.29) is 11.6 Å². The summed E-state index contributed by atoms with van der Waals surface area (Å²) in [6, 6.07) is 22.3. The maximum Gasteiger partial charge on any atom is 0.520 e. The zero-order valence-electron chi connectivity index (χ0n) is 16.9. The number of nitrogens with zero attached hydrogens (tertiary/aromatic N) is 1. The second-order valence-electron chi connectivity index (χ2n) is 6.59. The summed E-state index contributed by atoms with van der Waals surface area (Å²) in [5, 5.41) is 0.750. The molecule has 4 aromatic rings. The molecule has 0 saturated carbocycles. The highest BCUT2D eigenvalue weighted by atomic mass is 16.7. The zero-order valence-corrected chi connectivity index (χ0v) is 16.9. The van der Waals surface area contributed by atoms with Gasteiger partial charge in [-0.3, -0.25) is 0 Å². The average molecular weight is 417 g/mol. The van der Waals surface area contributed by atoms with Crippen molar-refractivity contribution in [3.05, 3.63) is 84.4 Å². The Morgan fingerprint density at radius 3 is 2.03 bits per heavy atom. The van der Waals surface area contributed by atoms with Crippen LogP contribution in [0.2, 0.25) is 0 Å². The highest BCUT2D eigenvalue weighted by molar-refractivity contribution is 5.96. The Kier molecular flexibility index (Phi) is 5.57. The van der Waals surface area contributed by atoms with Gasteiger partial charge in [0, 0.05) is 10.9 Å². The molecular weight excluding hydrogens is 398 g/mol. The largest absolute Gasteiger partial charge is 0.520 e. The number of benzene rings is 3. The monoisotopic (exact) mass is 417 g/mol. The van der Waals surface area contributed by atoms with Gasteiger partial charge in [0.25, 0.3) is 0 Å². The molecule has 0 bridgehead atoms. The first-order chi connectivity index (χ1) is 15.1. The molecule has 1 aromatic heterocycles. The molecule has 0 fully saturated rings. The number of methoxy groups -OCH3 is 1. The number of ether oxygens (including phenoxy) is 4. The summed E-state index contributed by atoms with van der Waals surface area (Å²) in [5.41, 5.74) is 1.15. The van der Waals surface area contributed by atoms with E-state index in [9.17, 15) is 9.59 Å². The van der Waals surface area contributed by atoms with Crippen molar-refractivity contribution in [2.45, 2.75) is 6.92 Å². The van der Waals surface area contributed by atoms with Crippen molar-refractivity contribution >= 4 is 23.2 Å². The second kappa shape index (κ2) is 8.62. The van der Waals surface area contributed by atoms with Gasteiger partial charge in [-0.2, -0.15) is 0 Å². The van der Waals surface area contributed by atoms with Crippen molar-refractivity contribution in [1.82, 2.24) is 4.57 Å². The molecule has 0 unspecified atom stereocenters. The summed E-state index contributed by atoms with van der Waals surface area (Å²) in [5.74, 6) is 1.30. The van der Waals surface area contributed by atoms with E-state index in [1.54, 1.807) is 74.7 Å². The third-order valence-corrected chi connectivity index (χ3v) is 4.64. The van der Waals surface area contributed by atoms with E-state index in [0.717, 1.165) is 5.39 Å². The topological polar surface area (TPSA) is 76.0 Å². The molecule has 0 radical (unpaired) electrons. The van der Waals surface area contributed by atoms with Gasteiger partial charge in [0.05, 0.1) is 12.6 Å². The first-order valence-electron chi connectivity index (χ1n) is 9.48. The van der Waals surface area contributed by atoms with Crippen LogP contribution in [0, 0.1) is 6.92 Å². The number of rotatable bonds is 4. The minimum Gasteiger partial charge on any atom is -0.497 e. The van der Waals surface area contributed by atoms with Gasteiger partial charge in [0.15, 0.2) is 0 Å². The van der Waals surface area contributed by atoms with Crippen LogP contribution < -0.4 is 18.9 Å². The molecule has 3 aromatic carbocycles. The molecule has 0 aliphatic rings. The van der Waals surface area contributed by atoms with Crippen LogP contribution in [0.4, 0.5) is 9.59 Å². The third kappa shape index (κ3) is 4.20. The first-order valence-corrected chi connectivity index (χ1v) is 9.48. The molecule has 0 aliphatic heterocycles. The Balaban J connectivity index is 1.64. The zero-order chi connectivity index (χ0) is 21.8. The summed E-state index contributed by atoms with van der Waals surface area (Å²) in [4.78, 5) is 25.4. The van der Waals surface area contributed by atoms with Crippen molar-refractivity contribution in [2.75, 3.05) is 7.11 Å². The normalized spacial score (nSPS) is 10.5. The lowest BCUT2D eigenvalue weighted by molar-refractivity contribution is 0.147. The molecule has 7 heteroatoms. The van der Waals surface area contributed by atoms with Gasteiger partial charge in [-0.15, -0.1) is 0 Å². The summed E-state index contributed by atoms with van der Waals surface area (Å²) in [6.45, 7) is 1.75. The van der Waals surface area contributed by atoms with Crippen LogP contribution in [0.15, 0.2) is 78.9 Å². The van der Waals surface area contributed by atoms with E-state index in [4.69, 9.17) is 18.9 Å². The van der Waals surface area contributed by atoms with Crippen LogP contribution in [0.3, 0.4) is 0 Å². The van der Waals surface area contributed by atoms with Crippen molar-refractivity contribution in [1.29, 1.82) is 0 Å². The van der Waals surface area contributed by atoms with Crippen molar-refractivity contribution in [3.8, 4) is 23.1 Å². The number of carbonyl (C=O) groups excluding carboxylic acids is 2. The first kappa shape index (κ1) is 20.0.